The van der Waals surface area contributed by atoms with Crippen LogP contribution in [0.3, 0.4) is 0 Å². The lowest BCUT2D eigenvalue weighted by atomic mass is 10.2. The average Bonchev–Trinajstić information content (AvgIpc) is 2.62. The molecule has 0 unspecified atom stereocenters. The Morgan fingerprint density at radius 3 is 2.76 bits per heavy atom. The maximum atomic E-state index is 11.8. The van der Waals surface area contributed by atoms with Gasteiger partial charge in [-0.1, -0.05) is 11.6 Å². The summed E-state index contributed by atoms with van der Waals surface area (Å²) in [6.07, 6.45) is 1.43. The molecule has 2 aromatic heterocycles. The van der Waals surface area contributed by atoms with E-state index in [-0.39, 0.29) is 22.2 Å². The van der Waals surface area contributed by atoms with Gasteiger partial charge in [0.15, 0.2) is 0 Å². The molecule has 2 rings (SSSR count). The van der Waals surface area contributed by atoms with Crippen molar-refractivity contribution in [3.05, 3.63) is 34.0 Å². The smallest absolute Gasteiger partial charge is 0.260 e. The Kier molecular flexibility index (Phi) is 3.26. The van der Waals surface area contributed by atoms with Crippen LogP contribution in [0.5, 0.6) is 0 Å². The molecule has 0 saturated heterocycles. The molecule has 2 N–H and O–H groups in total. The largest absolute Gasteiger partial charge is 0.306 e. The summed E-state index contributed by atoms with van der Waals surface area (Å²) in [5.41, 5.74) is 1.09. The molecule has 0 aliphatic heterocycles. The van der Waals surface area contributed by atoms with Gasteiger partial charge in [0, 0.05) is 11.8 Å². The fourth-order valence-electron chi connectivity index (χ4n) is 1.22. The predicted molar refractivity (Wildman–Crippen MR) is 63.3 cm³/mol. The van der Waals surface area contributed by atoms with Gasteiger partial charge in [-0.05, 0) is 18.5 Å². The number of hydrogen-bond acceptors (Lipinski definition) is 4. The summed E-state index contributed by atoms with van der Waals surface area (Å²) in [5.74, 6) is -0.109. The van der Waals surface area contributed by atoms with E-state index in [1.54, 1.807) is 6.92 Å². The van der Waals surface area contributed by atoms with Gasteiger partial charge in [-0.3, -0.25) is 9.89 Å². The van der Waals surface area contributed by atoms with Crippen LogP contribution in [0.15, 0.2) is 12.3 Å². The van der Waals surface area contributed by atoms with E-state index < -0.39 is 0 Å². The van der Waals surface area contributed by atoms with Crippen molar-refractivity contribution < 1.29 is 4.79 Å². The van der Waals surface area contributed by atoms with E-state index in [1.165, 1.54) is 12.3 Å². The number of nitrogens with zero attached hydrogens (tertiary/aromatic N) is 3. The highest BCUT2D eigenvalue weighted by Gasteiger charge is 2.12. The Morgan fingerprint density at radius 1 is 1.41 bits per heavy atom. The SMILES string of the molecule is Cc1[nH]ncc1C(=O)Nc1cc(Cl)nc(Cl)n1. The van der Waals surface area contributed by atoms with E-state index in [9.17, 15) is 4.79 Å². The Labute approximate surface area is 106 Å². The second-order valence-electron chi connectivity index (χ2n) is 3.21. The van der Waals surface area contributed by atoms with Crippen LogP contribution in [-0.4, -0.2) is 26.1 Å². The summed E-state index contributed by atoms with van der Waals surface area (Å²) in [6, 6.07) is 1.40. The average molecular weight is 272 g/mol. The quantitative estimate of drug-likeness (QED) is 0.647. The summed E-state index contributed by atoms with van der Waals surface area (Å²) < 4.78 is 0. The molecule has 0 aliphatic carbocycles. The number of aromatic amines is 1. The topological polar surface area (TPSA) is 83.6 Å². The van der Waals surface area contributed by atoms with Gasteiger partial charge in [-0.15, -0.1) is 0 Å². The van der Waals surface area contributed by atoms with Crippen molar-refractivity contribution in [1.29, 1.82) is 0 Å². The minimum absolute atomic E-state index is 0.0308. The Bertz CT molecular complexity index is 548. The van der Waals surface area contributed by atoms with Crippen LogP contribution in [0.1, 0.15) is 16.1 Å². The zero-order valence-corrected chi connectivity index (χ0v) is 10.2. The molecule has 0 spiro atoms. The molecule has 1 amide bonds. The van der Waals surface area contributed by atoms with Crippen molar-refractivity contribution in [2.24, 2.45) is 0 Å². The van der Waals surface area contributed by atoms with Crippen LogP contribution < -0.4 is 5.32 Å². The van der Waals surface area contributed by atoms with Crippen LogP contribution in [-0.2, 0) is 0 Å². The molecule has 0 radical (unpaired) electrons. The van der Waals surface area contributed by atoms with Crippen LogP contribution in [0.2, 0.25) is 10.4 Å². The molecule has 0 saturated carbocycles. The molecular weight excluding hydrogens is 265 g/mol. The Morgan fingerprint density at radius 2 is 2.18 bits per heavy atom. The van der Waals surface area contributed by atoms with Crippen molar-refractivity contribution in [1.82, 2.24) is 20.2 Å². The number of amides is 1. The summed E-state index contributed by atoms with van der Waals surface area (Å²) >= 11 is 11.3. The van der Waals surface area contributed by atoms with E-state index in [2.05, 4.69) is 25.5 Å². The Balaban J connectivity index is 2.21. The van der Waals surface area contributed by atoms with Crippen molar-refractivity contribution in [3.63, 3.8) is 0 Å². The number of carbonyl (C=O) groups is 1. The number of rotatable bonds is 2. The monoisotopic (exact) mass is 271 g/mol. The van der Waals surface area contributed by atoms with E-state index in [1.807, 2.05) is 0 Å². The maximum absolute atomic E-state index is 11.8. The highest BCUT2D eigenvalue weighted by molar-refractivity contribution is 6.32. The molecule has 6 nitrogen and oxygen atoms in total. The van der Waals surface area contributed by atoms with Crippen molar-refractivity contribution in [2.75, 3.05) is 5.32 Å². The van der Waals surface area contributed by atoms with Gasteiger partial charge in [0.05, 0.1) is 11.8 Å². The lowest BCUT2D eigenvalue weighted by Gasteiger charge is -2.03. The molecule has 0 aliphatic rings. The lowest BCUT2D eigenvalue weighted by molar-refractivity contribution is 0.102. The molecule has 2 heterocycles. The number of aryl methyl sites for hydroxylation is 1. The van der Waals surface area contributed by atoms with Gasteiger partial charge in [0.1, 0.15) is 11.0 Å². The second kappa shape index (κ2) is 4.68. The van der Waals surface area contributed by atoms with Crippen LogP contribution in [0.4, 0.5) is 5.82 Å². The van der Waals surface area contributed by atoms with E-state index in [0.717, 1.165) is 0 Å². The second-order valence-corrected chi connectivity index (χ2v) is 3.93. The Hall–Kier alpha value is -1.66. The van der Waals surface area contributed by atoms with E-state index in [4.69, 9.17) is 23.2 Å². The standard InChI is InChI=1S/C9H7Cl2N5O/c1-4-5(3-12-16-4)8(17)14-7-2-6(10)13-9(11)15-7/h2-3H,1H3,(H,12,16)(H,13,14,15,17). The van der Waals surface area contributed by atoms with Gasteiger partial charge in [-0.25, -0.2) is 9.97 Å². The summed E-state index contributed by atoms with van der Waals surface area (Å²) in [5, 5.41) is 9.08. The molecule has 0 atom stereocenters. The molecule has 88 valence electrons. The highest BCUT2D eigenvalue weighted by Crippen LogP contribution is 2.15. The molecule has 8 heteroatoms. The predicted octanol–water partition coefficient (Wildman–Crippen LogP) is 2.07. The number of halogens is 2. The third kappa shape index (κ3) is 2.72. The zero-order chi connectivity index (χ0) is 12.4. The molecule has 0 aromatic carbocycles. The van der Waals surface area contributed by atoms with Gasteiger partial charge < -0.3 is 5.32 Å². The maximum Gasteiger partial charge on any atom is 0.260 e. The zero-order valence-electron chi connectivity index (χ0n) is 8.66. The van der Waals surface area contributed by atoms with Crippen LogP contribution in [0.25, 0.3) is 0 Å². The molecule has 0 fully saturated rings. The third-order valence-electron chi connectivity index (χ3n) is 1.98. The highest BCUT2D eigenvalue weighted by atomic mass is 35.5. The molecule has 2 aromatic rings. The summed E-state index contributed by atoms with van der Waals surface area (Å²) in [4.78, 5) is 19.3. The van der Waals surface area contributed by atoms with E-state index in [0.29, 0.717) is 11.3 Å². The van der Waals surface area contributed by atoms with Crippen molar-refractivity contribution >= 4 is 34.9 Å². The van der Waals surface area contributed by atoms with Gasteiger partial charge in [-0.2, -0.15) is 5.10 Å². The molecule has 0 bridgehead atoms. The first kappa shape index (κ1) is 11.8. The minimum atomic E-state index is -0.345. The molecular formula is C9H7Cl2N5O. The fraction of sp³-hybridized carbons (Fsp3) is 0.111. The third-order valence-corrected chi connectivity index (χ3v) is 2.35. The first-order valence-corrected chi connectivity index (χ1v) is 5.33. The molecule has 17 heavy (non-hydrogen) atoms. The number of anilines is 1. The van der Waals surface area contributed by atoms with Gasteiger partial charge in [0.25, 0.3) is 5.91 Å². The fourth-order valence-corrected chi connectivity index (χ4v) is 1.63. The van der Waals surface area contributed by atoms with Gasteiger partial charge >= 0.3 is 0 Å². The number of aromatic nitrogens is 4. The van der Waals surface area contributed by atoms with E-state index >= 15 is 0 Å². The summed E-state index contributed by atoms with van der Waals surface area (Å²) in [6.45, 7) is 1.74. The number of nitrogens with one attached hydrogen (secondary N) is 2. The number of H-pyrrole nitrogens is 1. The normalized spacial score (nSPS) is 10.3. The van der Waals surface area contributed by atoms with Crippen LogP contribution >= 0.6 is 23.2 Å². The number of hydrogen-bond donors (Lipinski definition) is 2. The van der Waals surface area contributed by atoms with Crippen LogP contribution in [0, 0.1) is 6.92 Å². The van der Waals surface area contributed by atoms with Crippen molar-refractivity contribution in [3.8, 4) is 0 Å². The van der Waals surface area contributed by atoms with Gasteiger partial charge in [0.2, 0.25) is 5.28 Å². The summed E-state index contributed by atoms with van der Waals surface area (Å²) in [7, 11) is 0. The van der Waals surface area contributed by atoms with Crippen molar-refractivity contribution in [2.45, 2.75) is 6.92 Å². The minimum Gasteiger partial charge on any atom is -0.306 e. The first-order chi connectivity index (χ1) is 8.06. The number of carbonyl (C=O) groups excluding carboxylic acids is 1. The lowest BCUT2D eigenvalue weighted by Crippen LogP contribution is -2.13. The first-order valence-electron chi connectivity index (χ1n) is 4.57.